The highest BCUT2D eigenvalue weighted by atomic mass is 19.4. The van der Waals surface area contributed by atoms with E-state index in [9.17, 15) is 33.0 Å². The van der Waals surface area contributed by atoms with Crippen LogP contribution in [-0.2, 0) is 9.47 Å². The average Bonchev–Trinajstić information content (AvgIpc) is 2.60. The first-order valence-electron chi connectivity index (χ1n) is 6.25. The number of H-pyrrole nitrogens is 1. The Bertz CT molecular complexity index is 700. The van der Waals surface area contributed by atoms with Gasteiger partial charge in [0.1, 0.15) is 12.2 Å². The van der Waals surface area contributed by atoms with E-state index in [1.165, 1.54) is 6.92 Å². The first-order valence-corrected chi connectivity index (χ1v) is 6.25. The molecule has 0 aliphatic carbocycles. The topological polar surface area (TPSA) is 134 Å². The van der Waals surface area contributed by atoms with Gasteiger partial charge in [-0.1, -0.05) is 0 Å². The number of ether oxygens (including phenoxy) is 2. The molecular formula is C11H13F3N2O7. The van der Waals surface area contributed by atoms with Gasteiger partial charge in [0, 0.05) is 11.8 Å². The molecule has 1 aromatic heterocycles. The Balaban J connectivity index is 2.59. The maximum absolute atomic E-state index is 12.6. The highest BCUT2D eigenvalue weighted by Gasteiger charge is 2.62. The monoisotopic (exact) mass is 342 g/mol. The quantitative estimate of drug-likeness (QED) is 0.482. The van der Waals surface area contributed by atoms with Gasteiger partial charge in [0.05, 0.1) is 6.61 Å². The smallest absolute Gasteiger partial charge is 0.394 e. The number of aryl methyl sites for hydroxylation is 1. The Morgan fingerprint density at radius 1 is 1.48 bits per heavy atom. The molecule has 0 amide bonds. The third-order valence-electron chi connectivity index (χ3n) is 3.30. The number of alkyl halides is 3. The van der Waals surface area contributed by atoms with E-state index in [0.29, 0.717) is 4.57 Å². The Morgan fingerprint density at radius 3 is 2.57 bits per heavy atom. The van der Waals surface area contributed by atoms with E-state index in [-0.39, 0.29) is 5.69 Å². The third kappa shape index (κ3) is 3.16. The number of aliphatic hydroxyl groups is 3. The number of aromatic nitrogens is 2. The molecule has 4 N–H and O–H groups in total. The number of nitrogens with one attached hydrogen (secondary N) is 1. The predicted molar refractivity (Wildman–Crippen MR) is 65.2 cm³/mol. The molecule has 23 heavy (non-hydrogen) atoms. The lowest BCUT2D eigenvalue weighted by Gasteiger charge is -2.32. The van der Waals surface area contributed by atoms with Crippen LogP contribution in [0.5, 0.6) is 0 Å². The minimum absolute atomic E-state index is 0.154. The van der Waals surface area contributed by atoms with Crippen LogP contribution >= 0.6 is 0 Å². The number of rotatable bonds is 3. The zero-order valence-electron chi connectivity index (χ0n) is 11.6. The molecule has 0 aromatic carbocycles. The van der Waals surface area contributed by atoms with E-state index < -0.39 is 48.4 Å². The standard InChI is InChI=1S/C11H13F3N2O7/c1-4-2-6(18)15-9(20)16(4)8-10(21,23-11(12,13)14)7(19)5(3-17)22-8/h2,5,7-8,17,19,21H,3H2,1H3,(H,15,18,20)/t5-,7-,8-,10+/m1/s1. The fourth-order valence-corrected chi connectivity index (χ4v) is 2.35. The summed E-state index contributed by atoms with van der Waals surface area (Å²) in [6, 6.07) is 0.872. The van der Waals surface area contributed by atoms with Crippen LogP contribution in [-0.4, -0.2) is 55.8 Å². The number of hydrogen-bond donors (Lipinski definition) is 4. The Hall–Kier alpha value is -1.73. The van der Waals surface area contributed by atoms with Crippen LogP contribution in [0, 0.1) is 6.92 Å². The molecule has 0 radical (unpaired) electrons. The summed E-state index contributed by atoms with van der Waals surface area (Å²) >= 11 is 0. The van der Waals surface area contributed by atoms with Crippen molar-refractivity contribution in [1.29, 1.82) is 0 Å². The summed E-state index contributed by atoms with van der Waals surface area (Å²) < 4.78 is 46.6. The number of aliphatic hydroxyl groups excluding tert-OH is 2. The largest absolute Gasteiger partial charge is 0.525 e. The zero-order valence-corrected chi connectivity index (χ0v) is 11.6. The van der Waals surface area contributed by atoms with Gasteiger partial charge in [0.25, 0.3) is 5.56 Å². The first kappa shape index (κ1) is 17.6. The molecule has 0 unspecified atom stereocenters. The molecule has 1 aliphatic heterocycles. The summed E-state index contributed by atoms with van der Waals surface area (Å²) in [6.45, 7) is 0.255. The van der Waals surface area contributed by atoms with Gasteiger partial charge >= 0.3 is 12.1 Å². The minimum atomic E-state index is -5.37. The van der Waals surface area contributed by atoms with Crippen LogP contribution in [0.25, 0.3) is 0 Å². The van der Waals surface area contributed by atoms with Crippen molar-refractivity contribution in [3.8, 4) is 0 Å². The molecule has 130 valence electrons. The second-order valence-corrected chi connectivity index (χ2v) is 4.90. The van der Waals surface area contributed by atoms with Crippen LogP contribution in [0.4, 0.5) is 13.2 Å². The lowest BCUT2D eigenvalue weighted by atomic mass is 10.1. The van der Waals surface area contributed by atoms with Crippen molar-refractivity contribution in [3.63, 3.8) is 0 Å². The van der Waals surface area contributed by atoms with E-state index >= 15 is 0 Å². The first-order chi connectivity index (χ1) is 10.5. The van der Waals surface area contributed by atoms with Crippen LogP contribution in [0.1, 0.15) is 11.9 Å². The molecule has 12 heteroatoms. The van der Waals surface area contributed by atoms with Gasteiger partial charge in [0.15, 0.2) is 6.23 Å². The Kier molecular flexibility index (Phi) is 4.38. The van der Waals surface area contributed by atoms with E-state index in [1.807, 2.05) is 0 Å². The molecule has 1 aliphatic rings. The van der Waals surface area contributed by atoms with Crippen molar-refractivity contribution < 1.29 is 38.0 Å². The highest BCUT2D eigenvalue weighted by molar-refractivity contribution is 5.05. The summed E-state index contributed by atoms with van der Waals surface area (Å²) in [6.07, 6.45) is -11.5. The maximum atomic E-state index is 12.6. The molecule has 0 spiro atoms. The van der Waals surface area contributed by atoms with Gasteiger partial charge < -0.3 is 20.1 Å². The van der Waals surface area contributed by atoms with Crippen molar-refractivity contribution in [3.05, 3.63) is 32.6 Å². The molecule has 9 nitrogen and oxygen atoms in total. The van der Waals surface area contributed by atoms with Gasteiger partial charge in [-0.2, -0.15) is 0 Å². The van der Waals surface area contributed by atoms with Crippen molar-refractivity contribution >= 4 is 0 Å². The van der Waals surface area contributed by atoms with Gasteiger partial charge in [-0.05, 0) is 6.92 Å². The van der Waals surface area contributed by atoms with Crippen molar-refractivity contribution in [1.82, 2.24) is 9.55 Å². The molecule has 4 atom stereocenters. The molecule has 0 saturated carbocycles. The van der Waals surface area contributed by atoms with Crippen LogP contribution in [0.2, 0.25) is 0 Å². The predicted octanol–water partition coefficient (Wildman–Crippen LogP) is -1.68. The Labute approximate surface area is 125 Å². The molecule has 0 bridgehead atoms. The highest BCUT2D eigenvalue weighted by Crippen LogP contribution is 2.42. The Morgan fingerprint density at radius 2 is 2.09 bits per heavy atom. The van der Waals surface area contributed by atoms with Crippen molar-refractivity contribution in [2.75, 3.05) is 6.61 Å². The number of hydrogen-bond acceptors (Lipinski definition) is 7. The molecule has 2 heterocycles. The van der Waals surface area contributed by atoms with E-state index in [0.717, 1.165) is 6.07 Å². The summed E-state index contributed by atoms with van der Waals surface area (Å²) in [5.41, 5.74) is -2.16. The summed E-state index contributed by atoms with van der Waals surface area (Å²) in [4.78, 5) is 24.8. The lowest BCUT2D eigenvalue weighted by Crippen LogP contribution is -2.54. The normalized spacial score (nSPS) is 31.5. The van der Waals surface area contributed by atoms with Gasteiger partial charge in [-0.25, -0.2) is 4.79 Å². The summed E-state index contributed by atoms with van der Waals surface area (Å²) in [7, 11) is 0. The molecule has 1 fully saturated rings. The average molecular weight is 342 g/mol. The minimum Gasteiger partial charge on any atom is -0.394 e. The van der Waals surface area contributed by atoms with Gasteiger partial charge in [0.2, 0.25) is 5.79 Å². The SMILES string of the molecule is Cc1cc(=O)[nH]c(=O)n1[C@@H]1O[C@H](CO)[C@@H](O)[C@]1(O)OC(F)(F)F. The fraction of sp³-hybridized carbons (Fsp3) is 0.636. The van der Waals surface area contributed by atoms with Crippen molar-refractivity contribution in [2.24, 2.45) is 0 Å². The molecular weight excluding hydrogens is 329 g/mol. The molecule has 1 saturated heterocycles. The third-order valence-corrected chi connectivity index (χ3v) is 3.30. The van der Waals surface area contributed by atoms with Crippen LogP contribution in [0.15, 0.2) is 15.7 Å². The summed E-state index contributed by atoms with van der Waals surface area (Å²) in [5.74, 6) is -3.40. The van der Waals surface area contributed by atoms with Crippen molar-refractivity contribution in [2.45, 2.75) is 37.5 Å². The zero-order chi connectivity index (χ0) is 17.6. The van der Waals surface area contributed by atoms with Gasteiger partial charge in [-0.15, -0.1) is 13.2 Å². The van der Waals surface area contributed by atoms with E-state index in [4.69, 9.17) is 9.84 Å². The molecule has 2 rings (SSSR count). The maximum Gasteiger partial charge on any atom is 0.525 e. The van der Waals surface area contributed by atoms with Gasteiger partial charge in [-0.3, -0.25) is 19.1 Å². The second kappa shape index (κ2) is 5.72. The molecule has 1 aromatic rings. The van der Waals surface area contributed by atoms with E-state index in [2.05, 4.69) is 4.74 Å². The number of aromatic amines is 1. The number of nitrogens with zero attached hydrogens (tertiary/aromatic N) is 1. The lowest BCUT2D eigenvalue weighted by molar-refractivity contribution is -0.434. The van der Waals surface area contributed by atoms with E-state index in [1.54, 1.807) is 4.98 Å². The fourth-order valence-electron chi connectivity index (χ4n) is 2.35. The van der Waals surface area contributed by atoms with Crippen LogP contribution < -0.4 is 11.2 Å². The van der Waals surface area contributed by atoms with Crippen LogP contribution in [0.3, 0.4) is 0 Å². The summed E-state index contributed by atoms with van der Waals surface area (Å²) in [5, 5.41) is 29.0. The number of halogens is 3. The second-order valence-electron chi connectivity index (χ2n) is 4.90.